The Balaban J connectivity index is 1.54. The van der Waals surface area contributed by atoms with Crippen LogP contribution in [0.3, 0.4) is 0 Å². The topological polar surface area (TPSA) is 89.5 Å². The third-order valence-electron chi connectivity index (χ3n) is 5.34. The van der Waals surface area contributed by atoms with Crippen molar-refractivity contribution >= 4 is 34.5 Å². The third kappa shape index (κ3) is 5.51. The molecule has 1 atom stereocenters. The fourth-order valence-electron chi connectivity index (χ4n) is 3.86. The highest BCUT2D eigenvalue weighted by Crippen LogP contribution is 2.43. The van der Waals surface area contributed by atoms with E-state index in [0.717, 1.165) is 16.5 Å². The van der Waals surface area contributed by atoms with Crippen LogP contribution in [0.25, 0.3) is 0 Å². The zero-order chi connectivity index (χ0) is 24.8. The van der Waals surface area contributed by atoms with E-state index in [2.05, 4.69) is 10.3 Å². The molecule has 2 aromatic rings. The molecule has 0 aromatic heterocycles. The number of carbonyl (C=O) groups is 2. The second kappa shape index (κ2) is 11.1. The summed E-state index contributed by atoms with van der Waals surface area (Å²) in [5.41, 5.74) is 2.42. The van der Waals surface area contributed by atoms with Gasteiger partial charge in [0.2, 0.25) is 0 Å². The minimum Gasteiger partial charge on any atom is -0.494 e. The lowest BCUT2D eigenvalue weighted by Crippen LogP contribution is -2.34. The summed E-state index contributed by atoms with van der Waals surface area (Å²) in [5.74, 6) is 0.511. The standard InChI is InChI=1S/C26H27N3O5S/c1-4-32-19-12-10-18(11-13-19)28-22(30)16-34-21-9-7-6-8-20(21)24-23(25(31)33-5-2)17(3)27-26-29(24)14-15-35-26/h6-15,24H,4-5,16H2,1-3H3,(H,28,30). The number of hydrogen-bond acceptors (Lipinski definition) is 8. The number of aliphatic imine (C=N–C) groups is 1. The average Bonchev–Trinajstić information content (AvgIpc) is 3.32. The summed E-state index contributed by atoms with van der Waals surface area (Å²) in [6.07, 6.45) is 1.88. The van der Waals surface area contributed by atoms with Gasteiger partial charge in [-0.3, -0.25) is 4.79 Å². The fourth-order valence-corrected chi connectivity index (χ4v) is 4.65. The first-order chi connectivity index (χ1) is 17.0. The van der Waals surface area contributed by atoms with Crippen molar-refractivity contribution in [3.05, 3.63) is 77.0 Å². The first-order valence-electron chi connectivity index (χ1n) is 11.3. The molecule has 2 aliphatic heterocycles. The van der Waals surface area contributed by atoms with Crippen LogP contribution in [0.1, 0.15) is 32.4 Å². The van der Waals surface area contributed by atoms with Gasteiger partial charge >= 0.3 is 5.97 Å². The van der Waals surface area contributed by atoms with Gasteiger partial charge in [0, 0.05) is 17.5 Å². The summed E-state index contributed by atoms with van der Waals surface area (Å²) >= 11 is 1.48. The quantitative estimate of drug-likeness (QED) is 0.499. The van der Waals surface area contributed by atoms with E-state index in [9.17, 15) is 9.59 Å². The van der Waals surface area contributed by atoms with Crippen molar-refractivity contribution in [3.63, 3.8) is 0 Å². The Morgan fingerprint density at radius 2 is 1.83 bits per heavy atom. The minimum atomic E-state index is -0.488. The van der Waals surface area contributed by atoms with Crippen LogP contribution >= 0.6 is 11.8 Å². The zero-order valence-corrected chi connectivity index (χ0v) is 20.6. The number of esters is 1. The van der Waals surface area contributed by atoms with E-state index in [4.69, 9.17) is 14.2 Å². The van der Waals surface area contributed by atoms with E-state index in [0.29, 0.717) is 29.3 Å². The highest BCUT2D eigenvalue weighted by atomic mass is 32.2. The maximum absolute atomic E-state index is 12.9. The SMILES string of the molecule is CCOC(=O)C1=C(C)N=C2SC=CN2C1c1ccccc1OCC(=O)Nc1ccc(OCC)cc1. The second-order valence-corrected chi connectivity index (χ2v) is 8.53. The Bertz CT molecular complexity index is 1190. The Morgan fingerprint density at radius 1 is 1.06 bits per heavy atom. The molecule has 0 saturated heterocycles. The van der Waals surface area contributed by atoms with Gasteiger partial charge in [0.1, 0.15) is 11.5 Å². The van der Waals surface area contributed by atoms with Gasteiger partial charge in [-0.15, -0.1) is 0 Å². The molecule has 2 aliphatic rings. The molecule has 1 N–H and O–H groups in total. The largest absolute Gasteiger partial charge is 0.494 e. The number of ether oxygens (including phenoxy) is 3. The van der Waals surface area contributed by atoms with Gasteiger partial charge in [0.25, 0.3) is 5.91 Å². The smallest absolute Gasteiger partial charge is 0.338 e. The number of thioether (sulfide) groups is 1. The number of fused-ring (bicyclic) bond motifs is 1. The van der Waals surface area contributed by atoms with Crippen LogP contribution in [0.4, 0.5) is 5.69 Å². The molecule has 4 rings (SSSR count). The van der Waals surface area contributed by atoms with E-state index >= 15 is 0 Å². The maximum Gasteiger partial charge on any atom is 0.338 e. The summed E-state index contributed by atoms with van der Waals surface area (Å²) in [4.78, 5) is 32.0. The lowest BCUT2D eigenvalue weighted by Gasteiger charge is -2.34. The summed E-state index contributed by atoms with van der Waals surface area (Å²) < 4.78 is 16.7. The van der Waals surface area contributed by atoms with Crippen LogP contribution in [-0.2, 0) is 14.3 Å². The van der Waals surface area contributed by atoms with E-state index in [1.807, 2.05) is 41.6 Å². The van der Waals surface area contributed by atoms with Crippen molar-refractivity contribution in [2.45, 2.75) is 26.8 Å². The molecule has 0 fully saturated rings. The van der Waals surface area contributed by atoms with Crippen molar-refractivity contribution in [1.29, 1.82) is 0 Å². The van der Waals surface area contributed by atoms with Crippen LogP contribution < -0.4 is 14.8 Å². The van der Waals surface area contributed by atoms with Crippen molar-refractivity contribution in [1.82, 2.24) is 4.90 Å². The van der Waals surface area contributed by atoms with Crippen molar-refractivity contribution in [2.24, 2.45) is 4.99 Å². The van der Waals surface area contributed by atoms with Crippen LogP contribution in [0.2, 0.25) is 0 Å². The number of anilines is 1. The van der Waals surface area contributed by atoms with Gasteiger partial charge in [-0.2, -0.15) is 0 Å². The molecule has 0 bridgehead atoms. The molecule has 2 aromatic carbocycles. The molecule has 0 spiro atoms. The Morgan fingerprint density at radius 3 is 2.57 bits per heavy atom. The molecular formula is C26H27N3O5S. The summed E-state index contributed by atoms with van der Waals surface area (Å²) in [7, 11) is 0. The van der Waals surface area contributed by atoms with Gasteiger partial charge in [-0.25, -0.2) is 9.79 Å². The van der Waals surface area contributed by atoms with Crippen LogP contribution in [0.5, 0.6) is 11.5 Å². The number of nitrogens with zero attached hydrogens (tertiary/aromatic N) is 2. The van der Waals surface area contributed by atoms with Crippen molar-refractivity contribution in [3.8, 4) is 11.5 Å². The summed E-state index contributed by atoms with van der Waals surface area (Å²) in [6.45, 7) is 6.12. The second-order valence-electron chi connectivity index (χ2n) is 7.66. The maximum atomic E-state index is 12.9. The molecule has 1 amide bonds. The predicted octanol–water partition coefficient (Wildman–Crippen LogP) is 4.87. The Labute approximate surface area is 208 Å². The normalized spacial score (nSPS) is 16.5. The third-order valence-corrected chi connectivity index (χ3v) is 6.11. The number of benzene rings is 2. The molecule has 0 saturated carbocycles. The lowest BCUT2D eigenvalue weighted by atomic mass is 9.94. The number of para-hydroxylation sites is 1. The average molecular weight is 494 g/mol. The van der Waals surface area contributed by atoms with E-state index < -0.39 is 12.0 Å². The molecule has 9 heteroatoms. The van der Waals surface area contributed by atoms with Crippen LogP contribution in [-0.4, -0.2) is 41.8 Å². The van der Waals surface area contributed by atoms with E-state index in [1.165, 1.54) is 11.8 Å². The molecular weight excluding hydrogens is 466 g/mol. The molecule has 0 aliphatic carbocycles. The summed E-state index contributed by atoms with van der Waals surface area (Å²) in [5, 5.41) is 5.51. The predicted molar refractivity (Wildman–Crippen MR) is 136 cm³/mol. The number of carbonyl (C=O) groups excluding carboxylic acids is 2. The highest BCUT2D eigenvalue weighted by Gasteiger charge is 2.38. The molecule has 2 heterocycles. The Kier molecular flexibility index (Phi) is 7.77. The van der Waals surface area contributed by atoms with Crippen LogP contribution in [0.15, 0.2) is 76.4 Å². The number of allylic oxidation sites excluding steroid dienone is 1. The molecule has 35 heavy (non-hydrogen) atoms. The highest BCUT2D eigenvalue weighted by molar-refractivity contribution is 8.16. The van der Waals surface area contributed by atoms with Gasteiger partial charge in [-0.05, 0) is 56.5 Å². The molecule has 1 unspecified atom stereocenters. The Hall–Kier alpha value is -3.72. The van der Waals surface area contributed by atoms with Crippen molar-refractivity contribution < 1.29 is 23.8 Å². The van der Waals surface area contributed by atoms with Crippen LogP contribution in [0, 0.1) is 0 Å². The van der Waals surface area contributed by atoms with Crippen molar-refractivity contribution in [2.75, 3.05) is 25.1 Å². The molecule has 0 radical (unpaired) electrons. The van der Waals surface area contributed by atoms with Gasteiger partial charge in [-0.1, -0.05) is 30.0 Å². The first kappa shape index (κ1) is 24.4. The number of rotatable bonds is 9. The molecule has 8 nitrogen and oxygen atoms in total. The van der Waals surface area contributed by atoms with E-state index in [1.54, 1.807) is 44.2 Å². The number of amidine groups is 1. The summed E-state index contributed by atoms with van der Waals surface area (Å²) in [6, 6.07) is 14.0. The number of nitrogens with one attached hydrogen (secondary N) is 1. The molecule has 182 valence electrons. The first-order valence-corrected chi connectivity index (χ1v) is 12.2. The monoisotopic (exact) mass is 493 g/mol. The minimum absolute atomic E-state index is 0.195. The lowest BCUT2D eigenvalue weighted by molar-refractivity contribution is -0.139. The van der Waals surface area contributed by atoms with Gasteiger partial charge in [0.15, 0.2) is 11.8 Å². The number of hydrogen-bond donors (Lipinski definition) is 1. The fraction of sp³-hybridized carbons (Fsp3) is 0.269. The van der Waals surface area contributed by atoms with E-state index in [-0.39, 0.29) is 19.1 Å². The van der Waals surface area contributed by atoms with Gasteiger partial charge < -0.3 is 24.4 Å². The number of amides is 1. The van der Waals surface area contributed by atoms with Gasteiger partial charge in [0.05, 0.1) is 30.5 Å². The zero-order valence-electron chi connectivity index (χ0n) is 19.8.